The van der Waals surface area contributed by atoms with Gasteiger partial charge in [0.25, 0.3) is 0 Å². The van der Waals surface area contributed by atoms with E-state index in [9.17, 15) is 15.3 Å². The van der Waals surface area contributed by atoms with E-state index in [1.54, 1.807) is 0 Å². The molecule has 0 spiro atoms. The maximum atomic E-state index is 10.0. The van der Waals surface area contributed by atoms with Crippen LogP contribution in [0.25, 0.3) is 0 Å². The summed E-state index contributed by atoms with van der Waals surface area (Å²) in [6.07, 6.45) is 2.93. The van der Waals surface area contributed by atoms with Crippen molar-refractivity contribution in [2.75, 3.05) is 12.4 Å². The highest BCUT2D eigenvalue weighted by Crippen LogP contribution is 2.30. The molecule has 120 valence electrons. The minimum Gasteiger partial charge on any atom is -0.394 e. The fourth-order valence-corrected chi connectivity index (χ4v) is 3.71. The zero-order valence-corrected chi connectivity index (χ0v) is 13.0. The average Bonchev–Trinajstić information content (AvgIpc) is 2.45. The van der Waals surface area contributed by atoms with Gasteiger partial charge in [0.1, 0.15) is 12.2 Å². The van der Waals surface area contributed by atoms with Crippen LogP contribution in [0.4, 0.5) is 0 Å². The topological polar surface area (TPSA) is 90.2 Å². The van der Waals surface area contributed by atoms with Gasteiger partial charge in [0.2, 0.25) is 0 Å². The molecule has 0 bridgehead atoms. The highest BCUT2D eigenvalue weighted by atomic mass is 32.2. The maximum absolute atomic E-state index is 10.0. The van der Waals surface area contributed by atoms with Crippen molar-refractivity contribution in [1.82, 2.24) is 0 Å². The summed E-state index contributed by atoms with van der Waals surface area (Å²) in [5, 5.41) is 38.0. The number of unbranched alkanes of at least 4 members (excludes halogenated alkanes) is 5. The van der Waals surface area contributed by atoms with Gasteiger partial charge in [0.15, 0.2) is 6.29 Å². The van der Waals surface area contributed by atoms with Crippen molar-refractivity contribution in [2.45, 2.75) is 75.3 Å². The molecule has 0 aromatic heterocycles. The third-order valence-electron chi connectivity index (χ3n) is 3.65. The fourth-order valence-electron chi connectivity index (χ4n) is 2.37. The van der Waals surface area contributed by atoms with Crippen molar-refractivity contribution in [3.8, 4) is 0 Å². The van der Waals surface area contributed by atoms with Crippen LogP contribution in [-0.4, -0.2) is 62.6 Å². The number of aliphatic hydroxyl groups excluding tert-OH is 4. The van der Waals surface area contributed by atoms with Crippen LogP contribution in [0.2, 0.25) is 0 Å². The maximum Gasteiger partial charge on any atom is 0.182 e. The van der Waals surface area contributed by atoms with Crippen LogP contribution in [0.1, 0.15) is 45.4 Å². The number of aliphatic hydroxyl groups is 4. The molecule has 0 aromatic rings. The lowest BCUT2D eigenvalue weighted by atomic mass is 10.0. The quantitative estimate of drug-likeness (QED) is 0.473. The molecular formula is C14H28O5S. The van der Waals surface area contributed by atoms with Crippen molar-refractivity contribution < 1.29 is 25.2 Å². The van der Waals surface area contributed by atoms with Gasteiger partial charge in [-0.15, -0.1) is 0 Å². The van der Waals surface area contributed by atoms with Gasteiger partial charge in [-0.1, -0.05) is 39.0 Å². The molecule has 4 N–H and O–H groups in total. The first-order valence-corrected chi connectivity index (χ1v) is 8.58. The predicted octanol–water partition coefficient (Wildman–Crippen LogP) is 0.880. The van der Waals surface area contributed by atoms with E-state index >= 15 is 0 Å². The minimum absolute atomic E-state index is 0.362. The van der Waals surface area contributed by atoms with Gasteiger partial charge in [-0.3, -0.25) is 0 Å². The molecule has 0 radical (unpaired) electrons. The van der Waals surface area contributed by atoms with Crippen LogP contribution in [0.3, 0.4) is 0 Å². The Morgan fingerprint density at radius 1 is 0.950 bits per heavy atom. The molecular weight excluding hydrogens is 280 g/mol. The first-order chi connectivity index (χ1) is 9.61. The summed E-state index contributed by atoms with van der Waals surface area (Å²) in [5.74, 6) is 0.829. The summed E-state index contributed by atoms with van der Waals surface area (Å²) < 4.78 is 4.95. The molecule has 6 heteroatoms. The monoisotopic (exact) mass is 308 g/mol. The van der Waals surface area contributed by atoms with Crippen LogP contribution < -0.4 is 0 Å². The van der Waals surface area contributed by atoms with Gasteiger partial charge < -0.3 is 25.2 Å². The van der Waals surface area contributed by atoms with Gasteiger partial charge >= 0.3 is 0 Å². The summed E-state index contributed by atoms with van der Waals surface area (Å²) >= 11 is 1.45. The van der Waals surface area contributed by atoms with Gasteiger partial charge in [-0.25, -0.2) is 0 Å². The highest BCUT2D eigenvalue weighted by Gasteiger charge is 2.43. The molecule has 1 aliphatic rings. The SMILES string of the molecule is CCCCCCCCS[C@@H]1[C@@H](O)[C@H](O)O[C@H](CO)[C@H]1O. The summed E-state index contributed by atoms with van der Waals surface area (Å²) in [6.45, 7) is 1.83. The molecule has 5 nitrogen and oxygen atoms in total. The number of rotatable bonds is 9. The van der Waals surface area contributed by atoms with Crippen molar-refractivity contribution in [1.29, 1.82) is 0 Å². The van der Waals surface area contributed by atoms with Crippen LogP contribution in [-0.2, 0) is 4.74 Å². The Labute approximate surface area is 125 Å². The molecule has 1 fully saturated rings. The lowest BCUT2D eigenvalue weighted by Gasteiger charge is -2.39. The Balaban J connectivity index is 2.25. The molecule has 1 rings (SSSR count). The fraction of sp³-hybridized carbons (Fsp3) is 1.00. The molecule has 0 aromatic carbocycles. The molecule has 0 amide bonds. The van der Waals surface area contributed by atoms with E-state index in [1.807, 2.05) is 0 Å². The predicted molar refractivity (Wildman–Crippen MR) is 79.6 cm³/mol. The van der Waals surface area contributed by atoms with Crippen LogP contribution in [0, 0.1) is 0 Å². The molecule has 5 atom stereocenters. The lowest BCUT2D eigenvalue weighted by Crippen LogP contribution is -2.57. The zero-order chi connectivity index (χ0) is 15.0. The normalized spacial score (nSPS) is 34.4. The van der Waals surface area contributed by atoms with Crippen LogP contribution in [0.5, 0.6) is 0 Å². The van der Waals surface area contributed by atoms with Gasteiger partial charge in [0.05, 0.1) is 18.0 Å². The third kappa shape index (κ3) is 5.50. The average molecular weight is 308 g/mol. The molecule has 1 heterocycles. The minimum atomic E-state index is -1.34. The van der Waals surface area contributed by atoms with E-state index in [1.165, 1.54) is 37.4 Å². The Morgan fingerprint density at radius 2 is 1.60 bits per heavy atom. The summed E-state index contributed by atoms with van der Waals surface area (Å²) in [5.41, 5.74) is 0. The number of thioether (sulfide) groups is 1. The van der Waals surface area contributed by atoms with Gasteiger partial charge in [-0.2, -0.15) is 11.8 Å². The van der Waals surface area contributed by atoms with Crippen molar-refractivity contribution in [2.24, 2.45) is 0 Å². The van der Waals surface area contributed by atoms with Gasteiger partial charge in [-0.05, 0) is 12.2 Å². The van der Waals surface area contributed by atoms with Crippen molar-refractivity contribution in [3.63, 3.8) is 0 Å². The molecule has 1 saturated heterocycles. The van der Waals surface area contributed by atoms with E-state index < -0.39 is 29.9 Å². The first-order valence-electron chi connectivity index (χ1n) is 7.54. The first kappa shape index (κ1) is 18.2. The second-order valence-electron chi connectivity index (χ2n) is 5.33. The van der Waals surface area contributed by atoms with E-state index in [-0.39, 0.29) is 6.61 Å². The van der Waals surface area contributed by atoms with E-state index in [4.69, 9.17) is 9.84 Å². The van der Waals surface area contributed by atoms with E-state index in [0.29, 0.717) is 0 Å². The number of hydrogen-bond donors (Lipinski definition) is 4. The zero-order valence-electron chi connectivity index (χ0n) is 12.1. The van der Waals surface area contributed by atoms with Gasteiger partial charge in [0, 0.05) is 0 Å². The second-order valence-corrected chi connectivity index (χ2v) is 6.62. The van der Waals surface area contributed by atoms with E-state index in [0.717, 1.165) is 18.6 Å². The Bertz CT molecular complexity index is 254. The summed E-state index contributed by atoms with van der Waals surface area (Å²) in [6, 6.07) is 0. The van der Waals surface area contributed by atoms with Crippen LogP contribution >= 0.6 is 11.8 Å². The molecule has 0 aliphatic carbocycles. The third-order valence-corrected chi connectivity index (χ3v) is 5.12. The summed E-state index contributed by atoms with van der Waals surface area (Å²) in [4.78, 5) is 0. The van der Waals surface area contributed by atoms with Crippen molar-refractivity contribution in [3.05, 3.63) is 0 Å². The largest absolute Gasteiger partial charge is 0.394 e. The second kappa shape index (κ2) is 9.97. The van der Waals surface area contributed by atoms with Crippen LogP contribution in [0.15, 0.2) is 0 Å². The highest BCUT2D eigenvalue weighted by molar-refractivity contribution is 8.00. The van der Waals surface area contributed by atoms with Crippen molar-refractivity contribution >= 4 is 11.8 Å². The molecule has 0 saturated carbocycles. The smallest absolute Gasteiger partial charge is 0.182 e. The number of hydrogen-bond acceptors (Lipinski definition) is 6. The summed E-state index contributed by atoms with van der Waals surface area (Å²) in [7, 11) is 0. The Hall–Kier alpha value is 0.150. The van der Waals surface area contributed by atoms with E-state index in [2.05, 4.69) is 6.92 Å². The molecule has 0 unspecified atom stereocenters. The molecule has 1 aliphatic heterocycles. The lowest BCUT2D eigenvalue weighted by molar-refractivity contribution is -0.248. The standard InChI is InChI=1S/C14H28O5S/c1-2-3-4-5-6-7-8-20-13-11(16)10(9-15)19-14(18)12(13)17/h10-18H,2-9H2,1H3/t10-,11-,12-,13+,14-/m1/s1. The Morgan fingerprint density at radius 3 is 2.25 bits per heavy atom. The number of ether oxygens (including phenoxy) is 1. The Kier molecular flexibility index (Phi) is 9.08. The molecule has 20 heavy (non-hydrogen) atoms.